The Bertz CT molecular complexity index is 1750. The number of nitrogens with zero attached hydrogens (tertiary/aromatic N) is 6. The zero-order valence-corrected chi connectivity index (χ0v) is 50.3. The van der Waals surface area contributed by atoms with Crippen molar-refractivity contribution in [2.24, 2.45) is 53.3 Å². The quantitative estimate of drug-likeness (QED) is 0.172. The van der Waals surface area contributed by atoms with Gasteiger partial charge in [-0.1, -0.05) is 55.4 Å². The highest BCUT2D eigenvalue weighted by atomic mass is 16.2. The van der Waals surface area contributed by atoms with Crippen molar-refractivity contribution in [1.82, 2.24) is 9.80 Å². The molecule has 7 aliphatic heterocycles. The largest absolute Gasteiger partial charge is 0.342 e. The minimum atomic E-state index is 0.138. The molecule has 0 aromatic heterocycles. The summed E-state index contributed by atoms with van der Waals surface area (Å²) in [5.74, 6) is 6.38. The average molecular weight is 998 g/mol. The van der Waals surface area contributed by atoms with E-state index in [-0.39, 0.29) is 23.7 Å². The summed E-state index contributed by atoms with van der Waals surface area (Å²) in [5, 5.41) is 0. The standard InChI is InChI=1S/C16H29N2O.C16H30NO.C15H28NO.C14H29N2O/c1-10(2)16(19)17-12-6-14-8-13(17)9-15(7-12)18(14,5)11(3)4;1-11(2)16(18)8-13-6-14-9-17(5,12(3)4)10-15(14)7-13;1-10(2)15(17)8-12-6-14-7-13(12)9-16(14,5)11(3)4;1-11(2)14(17)15-9-7-13(8-10-15)16(5,6)12(3)4/h10-15H,6-9H2,1-5H3;11-15H,6-10H2,1-5H3;10-14H,6-9H2,1-5H3;11-13H,7-10H2,1-6H3/q4*+1. The highest BCUT2D eigenvalue weighted by Gasteiger charge is 2.60. The van der Waals surface area contributed by atoms with E-state index in [0.29, 0.717) is 65.4 Å². The third-order valence-electron chi connectivity index (χ3n) is 22.1. The third-order valence-corrected chi connectivity index (χ3v) is 22.1. The molecule has 9 rings (SSSR count). The molecule has 6 atom stereocenters. The first kappa shape index (κ1) is 60.0. The Morgan fingerprint density at radius 1 is 0.507 bits per heavy atom. The second-order valence-electron chi connectivity index (χ2n) is 28.9. The summed E-state index contributed by atoms with van der Waals surface area (Å²) in [4.78, 5) is 52.4. The SMILES string of the molecule is CC(C)C(=O)CC1CC2CC1C[N+]2(C)C(C)C.CC(C)C(=O)CC1CC2C[N+](C)(C(C)C)CC2C1.CC(C)C(=O)N1C2CC3CC1CC(C2)[N+]3(C)C(C)C.CC(C)C(=O)N1CCC([N+](C)(C)C(C)C)CC1. The Labute approximate surface area is 438 Å². The van der Waals surface area contributed by atoms with E-state index in [2.05, 4.69) is 95.5 Å². The van der Waals surface area contributed by atoms with E-state index in [1.807, 2.05) is 60.3 Å². The number of rotatable bonds is 13. The molecule has 2 amide bonds. The maximum Gasteiger partial charge on any atom is 0.225 e. The molecule has 71 heavy (non-hydrogen) atoms. The molecule has 7 saturated heterocycles. The second kappa shape index (κ2) is 23.6. The number of piperidine rings is 6. The van der Waals surface area contributed by atoms with Gasteiger partial charge in [0.25, 0.3) is 0 Å². The molecule has 0 N–H and O–H groups in total. The monoisotopic (exact) mass is 997 g/mol. The lowest BCUT2D eigenvalue weighted by Gasteiger charge is -2.65. The van der Waals surface area contributed by atoms with Crippen molar-refractivity contribution in [3.05, 3.63) is 0 Å². The van der Waals surface area contributed by atoms with Crippen molar-refractivity contribution in [1.29, 1.82) is 0 Å². The Balaban J connectivity index is 0.000000176. The molecule has 0 radical (unpaired) electrons. The Kier molecular flexibility index (Phi) is 19.9. The van der Waals surface area contributed by atoms with E-state index in [0.717, 1.165) is 91.2 Å². The second-order valence-corrected chi connectivity index (χ2v) is 28.9. The minimum Gasteiger partial charge on any atom is -0.342 e. The van der Waals surface area contributed by atoms with Crippen molar-refractivity contribution >= 4 is 23.4 Å². The van der Waals surface area contributed by atoms with Crippen molar-refractivity contribution in [3.8, 4) is 0 Å². The maximum atomic E-state index is 12.4. The number of fused-ring (bicyclic) bond motifs is 3. The Morgan fingerprint density at radius 2 is 0.972 bits per heavy atom. The van der Waals surface area contributed by atoms with Crippen molar-refractivity contribution in [2.45, 2.75) is 248 Å². The summed E-state index contributed by atoms with van der Waals surface area (Å²) in [5.41, 5.74) is 0. The number of carbonyl (C=O) groups excluding carboxylic acids is 4. The van der Waals surface area contributed by atoms with E-state index in [1.54, 1.807) is 0 Å². The van der Waals surface area contributed by atoms with Crippen molar-refractivity contribution in [3.63, 3.8) is 0 Å². The fourth-order valence-electron chi connectivity index (χ4n) is 15.6. The molecule has 9 aliphatic rings. The molecule has 0 spiro atoms. The molecule has 9 fully saturated rings. The van der Waals surface area contributed by atoms with Crippen LogP contribution in [0.15, 0.2) is 0 Å². The fraction of sp³-hybridized carbons (Fsp3) is 0.934. The van der Waals surface area contributed by atoms with E-state index < -0.39 is 0 Å². The Morgan fingerprint density at radius 3 is 1.34 bits per heavy atom. The van der Waals surface area contributed by atoms with Crippen molar-refractivity contribution in [2.75, 3.05) is 68.0 Å². The maximum absolute atomic E-state index is 12.4. The molecule has 410 valence electrons. The molecule has 0 aromatic carbocycles. The van der Waals surface area contributed by atoms with Gasteiger partial charge in [-0.05, 0) is 80.1 Å². The molecule has 2 saturated carbocycles. The summed E-state index contributed by atoms with van der Waals surface area (Å²) in [6.07, 6.45) is 14.2. The van der Waals surface area contributed by atoms with E-state index in [4.69, 9.17) is 0 Å². The van der Waals surface area contributed by atoms with Crippen LogP contribution in [-0.2, 0) is 19.2 Å². The topological polar surface area (TPSA) is 74.8 Å². The average Bonchev–Trinajstić information content (AvgIpc) is 4.03. The molecule has 0 aromatic rings. The molecule has 10 nitrogen and oxygen atoms in total. The summed E-state index contributed by atoms with van der Waals surface area (Å²) < 4.78 is 4.83. The third kappa shape index (κ3) is 13.0. The number of hydrogen-bond acceptors (Lipinski definition) is 4. The fourth-order valence-corrected chi connectivity index (χ4v) is 15.6. The molecule has 6 unspecified atom stereocenters. The zero-order valence-electron chi connectivity index (χ0n) is 50.3. The zero-order chi connectivity index (χ0) is 53.5. The van der Waals surface area contributed by atoms with Crippen LogP contribution in [0.1, 0.15) is 188 Å². The summed E-state index contributed by atoms with van der Waals surface area (Å²) in [6, 6.07) is 7.02. The van der Waals surface area contributed by atoms with Crippen LogP contribution < -0.4 is 0 Å². The lowest BCUT2D eigenvalue weighted by atomic mass is 9.70. The number of carbonyl (C=O) groups is 4. The van der Waals surface area contributed by atoms with Crippen LogP contribution in [0.25, 0.3) is 0 Å². The molecular formula is C61H116N6O4+4. The molecule has 6 bridgehead atoms. The van der Waals surface area contributed by atoms with Gasteiger partial charge in [-0.2, -0.15) is 0 Å². The van der Waals surface area contributed by atoms with Crippen LogP contribution in [0.4, 0.5) is 0 Å². The van der Waals surface area contributed by atoms with Gasteiger partial charge in [0.1, 0.15) is 11.6 Å². The predicted molar refractivity (Wildman–Crippen MR) is 294 cm³/mol. The van der Waals surface area contributed by atoms with Gasteiger partial charge in [0.15, 0.2) is 0 Å². The van der Waals surface area contributed by atoms with E-state index in [9.17, 15) is 19.2 Å². The lowest BCUT2D eigenvalue weighted by molar-refractivity contribution is -0.988. The highest BCUT2D eigenvalue weighted by molar-refractivity contribution is 5.81. The van der Waals surface area contributed by atoms with Crippen LogP contribution in [0.2, 0.25) is 0 Å². The molecular weight excluding hydrogens is 881 g/mol. The predicted octanol–water partition coefficient (Wildman–Crippen LogP) is 10.5. The molecule has 7 heterocycles. The summed E-state index contributed by atoms with van der Waals surface area (Å²) in [6.45, 7) is 40.8. The van der Waals surface area contributed by atoms with Gasteiger partial charge >= 0.3 is 0 Å². The summed E-state index contributed by atoms with van der Waals surface area (Å²) >= 11 is 0. The van der Waals surface area contributed by atoms with Gasteiger partial charge in [-0.25, -0.2) is 0 Å². The highest BCUT2D eigenvalue weighted by Crippen LogP contribution is 2.51. The Hall–Kier alpha value is -1.88. The molecule has 10 heteroatoms. The number of quaternary nitrogens is 4. The lowest BCUT2D eigenvalue weighted by Crippen LogP contribution is -2.77. The molecule has 2 aliphatic carbocycles. The minimum absolute atomic E-state index is 0.138. The number of amides is 2. The number of hydrogen-bond donors (Lipinski definition) is 0. The van der Waals surface area contributed by atoms with Crippen LogP contribution in [-0.4, -0.2) is 179 Å². The van der Waals surface area contributed by atoms with Crippen LogP contribution in [0, 0.1) is 53.3 Å². The smallest absolute Gasteiger partial charge is 0.225 e. The van der Waals surface area contributed by atoms with Crippen LogP contribution >= 0.6 is 0 Å². The number of Topliss-reactive ketones (excluding diaryl/α,β-unsaturated/α-hetero) is 2. The normalized spacial score (nSPS) is 36.2. The van der Waals surface area contributed by atoms with Gasteiger partial charge in [-0.15, -0.1) is 0 Å². The summed E-state index contributed by atoms with van der Waals surface area (Å²) in [7, 11) is 11.9. The first-order chi connectivity index (χ1) is 32.8. The first-order valence-electron chi connectivity index (χ1n) is 29.8. The number of likely N-dealkylation sites (tertiary alicyclic amines) is 3. The number of ketones is 2. The van der Waals surface area contributed by atoms with Crippen LogP contribution in [0.3, 0.4) is 0 Å². The van der Waals surface area contributed by atoms with Gasteiger partial charge in [0.2, 0.25) is 11.8 Å². The van der Waals surface area contributed by atoms with Crippen molar-refractivity contribution < 1.29 is 37.1 Å². The van der Waals surface area contributed by atoms with E-state index >= 15 is 0 Å². The van der Waals surface area contributed by atoms with E-state index in [1.165, 1.54) is 84.4 Å². The van der Waals surface area contributed by atoms with Gasteiger partial charge in [0.05, 0.1) is 103 Å². The first-order valence-corrected chi connectivity index (χ1v) is 29.8. The van der Waals surface area contributed by atoms with Crippen LogP contribution in [0.5, 0.6) is 0 Å². The van der Waals surface area contributed by atoms with Gasteiger partial charge in [0, 0.05) is 131 Å². The van der Waals surface area contributed by atoms with Gasteiger partial charge < -0.3 is 27.7 Å². The van der Waals surface area contributed by atoms with Gasteiger partial charge in [-0.3, -0.25) is 19.2 Å².